The van der Waals surface area contributed by atoms with Gasteiger partial charge in [0.2, 0.25) is 0 Å². The van der Waals surface area contributed by atoms with Crippen LogP contribution in [-0.2, 0) is 24.9 Å². The van der Waals surface area contributed by atoms with E-state index in [0.29, 0.717) is 0 Å². The van der Waals surface area contributed by atoms with E-state index in [1.54, 1.807) is 0 Å². The van der Waals surface area contributed by atoms with Crippen LogP contribution < -0.4 is 4.40 Å². The van der Waals surface area contributed by atoms with Crippen LogP contribution in [0.5, 0.6) is 0 Å². The van der Waals surface area contributed by atoms with Gasteiger partial charge in [-0.05, 0) is 13.8 Å². The molecule has 44 heavy (non-hydrogen) atoms. The zero-order valence-corrected chi connectivity index (χ0v) is 30.4. The van der Waals surface area contributed by atoms with Crippen LogP contribution in [0, 0.1) is 13.0 Å². The minimum absolute atomic E-state index is 0. The van der Waals surface area contributed by atoms with E-state index in [-0.39, 0.29) is 31.6 Å². The topological polar surface area (TPSA) is 63.3 Å². The van der Waals surface area contributed by atoms with Crippen LogP contribution in [0.3, 0.4) is 0 Å². The molecule has 0 aliphatic carbocycles. The Morgan fingerprint density at radius 2 is 1.52 bits per heavy atom. The Bertz CT molecular complexity index is 1950. The average molecular weight is 820 g/mol. The molecule has 0 aliphatic rings. The summed E-state index contributed by atoms with van der Waals surface area (Å²) in [5.41, 5.74) is 7.16. The zero-order chi connectivity index (χ0) is 30.7. The Hall–Kier alpha value is -3.77. The molecule has 1 N–H and O–H groups in total. The van der Waals surface area contributed by atoms with E-state index in [1.165, 1.54) is 29.7 Å². The van der Waals surface area contributed by atoms with Crippen LogP contribution >= 0.6 is 0 Å². The second-order valence-corrected chi connectivity index (χ2v) is 22.5. The van der Waals surface area contributed by atoms with E-state index in [0.717, 1.165) is 55.6 Å². The average Bonchev–Trinajstić information content (AvgIpc) is 3.32. The Morgan fingerprint density at radius 1 is 0.886 bits per heavy atom. The first-order chi connectivity index (χ1) is 20.5. The second-order valence-electron chi connectivity index (χ2n) is 11.8. The number of aryl methyl sites for hydroxylation is 1. The SMILES string of the molecule is CC(=O)/C=C(/C)O.Cc1c(-c2ccccc2)oc2c(-c3ccccc3)cc(-c3nccc4c[c]([Ge]([CH3])([CH3])[CH3])ccc34)[c-]c12.[Ir]. The van der Waals surface area contributed by atoms with Gasteiger partial charge in [-0.15, -0.1) is 0 Å². The Labute approximate surface area is 275 Å². The Morgan fingerprint density at radius 3 is 2.09 bits per heavy atom. The first-order valence-electron chi connectivity index (χ1n) is 14.4. The summed E-state index contributed by atoms with van der Waals surface area (Å²) in [6.07, 6.45) is 3.09. The van der Waals surface area contributed by atoms with E-state index in [2.05, 4.69) is 97.0 Å². The largest absolute Gasteiger partial charge is 0 e. The molecule has 0 bridgehead atoms. The van der Waals surface area contributed by atoms with Gasteiger partial charge in [-0.3, -0.25) is 4.79 Å². The molecule has 1 radical (unpaired) electrons. The molecule has 6 aromatic rings. The molecule has 225 valence electrons. The van der Waals surface area contributed by atoms with Crippen molar-refractivity contribution in [3.63, 3.8) is 0 Å². The molecule has 6 heteroatoms. The number of aliphatic hydroxyl groups excluding tert-OH is 1. The third kappa shape index (κ3) is 7.30. The van der Waals surface area contributed by atoms with Crippen molar-refractivity contribution in [3.05, 3.63) is 121 Å². The van der Waals surface area contributed by atoms with E-state index in [9.17, 15) is 4.79 Å². The molecule has 4 aromatic carbocycles. The van der Waals surface area contributed by atoms with Gasteiger partial charge in [0.25, 0.3) is 0 Å². The van der Waals surface area contributed by atoms with Crippen molar-refractivity contribution < 1.29 is 34.4 Å². The number of carbonyl (C=O) groups is 1. The molecule has 0 saturated heterocycles. The van der Waals surface area contributed by atoms with Crippen LogP contribution in [0.2, 0.25) is 17.3 Å². The fourth-order valence-electron chi connectivity index (χ4n) is 5.21. The van der Waals surface area contributed by atoms with E-state index < -0.39 is 13.3 Å². The van der Waals surface area contributed by atoms with Gasteiger partial charge < -0.3 is 5.11 Å². The molecule has 0 saturated carbocycles. The number of aromatic nitrogens is 1. The molecule has 0 unspecified atom stereocenters. The summed E-state index contributed by atoms with van der Waals surface area (Å²) in [5.74, 6) is 8.13. The third-order valence-corrected chi connectivity index (χ3v) is 11.6. The predicted octanol–water partition coefficient (Wildman–Crippen LogP) is 9.67. The molecule has 0 spiro atoms. The molecular formula is C38H36GeIrNO3-. The number of fused-ring (bicyclic) bond motifs is 2. The summed E-state index contributed by atoms with van der Waals surface area (Å²) in [6, 6.07) is 35.7. The van der Waals surface area contributed by atoms with Crippen molar-refractivity contribution in [1.29, 1.82) is 0 Å². The summed E-state index contributed by atoms with van der Waals surface area (Å²) < 4.78 is 8.06. The maximum atomic E-state index is 10.0. The van der Waals surface area contributed by atoms with Gasteiger partial charge >= 0.3 is 197 Å². The molecule has 4 nitrogen and oxygen atoms in total. The van der Waals surface area contributed by atoms with Crippen molar-refractivity contribution in [2.45, 2.75) is 38.0 Å². The number of hydrogen-bond donors (Lipinski definition) is 1. The quantitative estimate of drug-likeness (QED) is 0.0815. The molecule has 0 atom stereocenters. The summed E-state index contributed by atoms with van der Waals surface area (Å²) in [4.78, 5) is 14.9. The molecule has 0 aliphatic heterocycles. The van der Waals surface area contributed by atoms with Gasteiger partial charge in [0.1, 0.15) is 0 Å². The van der Waals surface area contributed by atoms with Crippen LogP contribution in [0.4, 0.5) is 0 Å². The number of furan rings is 1. The number of allylic oxidation sites excluding steroid dienone is 2. The molecule has 2 aromatic heterocycles. The van der Waals surface area contributed by atoms with E-state index >= 15 is 0 Å². The number of nitrogens with zero attached hydrogens (tertiary/aromatic N) is 1. The smallest absolute Gasteiger partial charge is 0 e. The van der Waals surface area contributed by atoms with Crippen molar-refractivity contribution in [3.8, 4) is 33.7 Å². The Balaban J connectivity index is 0.000000497. The maximum absolute atomic E-state index is 10.0. The molecule has 6 rings (SSSR count). The number of ketones is 1. The van der Waals surface area contributed by atoms with Gasteiger partial charge in [0.05, 0.1) is 5.76 Å². The van der Waals surface area contributed by atoms with Crippen LogP contribution in [-0.4, -0.2) is 29.1 Å². The number of hydrogen-bond acceptors (Lipinski definition) is 4. The van der Waals surface area contributed by atoms with Crippen molar-refractivity contribution >= 4 is 45.2 Å². The minimum Gasteiger partial charge on any atom is 0 e. The van der Waals surface area contributed by atoms with Crippen LogP contribution in [0.15, 0.2) is 113 Å². The van der Waals surface area contributed by atoms with E-state index in [4.69, 9.17) is 14.5 Å². The first kappa shape index (κ1) is 33.1. The van der Waals surface area contributed by atoms with Gasteiger partial charge in [0, 0.05) is 26.2 Å². The van der Waals surface area contributed by atoms with Gasteiger partial charge in [0.15, 0.2) is 5.78 Å². The van der Waals surface area contributed by atoms with Gasteiger partial charge in [-0.1, -0.05) is 18.2 Å². The van der Waals surface area contributed by atoms with Gasteiger partial charge in [-0.25, -0.2) is 0 Å². The third-order valence-electron chi connectivity index (χ3n) is 7.36. The fraction of sp³-hybridized carbons (Fsp3) is 0.158. The fourth-order valence-corrected chi connectivity index (χ4v) is 7.67. The van der Waals surface area contributed by atoms with E-state index in [1.807, 2.05) is 30.5 Å². The number of aliphatic hydroxyl groups is 1. The van der Waals surface area contributed by atoms with Crippen molar-refractivity contribution in [2.24, 2.45) is 0 Å². The summed E-state index contributed by atoms with van der Waals surface area (Å²) in [5, 5.41) is 11.8. The Kier molecular flexibility index (Phi) is 10.5. The maximum Gasteiger partial charge on any atom is 0 e. The molecule has 0 amide bonds. The molecular weight excluding hydrogens is 783 g/mol. The van der Waals surface area contributed by atoms with Crippen molar-refractivity contribution in [1.82, 2.24) is 4.98 Å². The van der Waals surface area contributed by atoms with Crippen molar-refractivity contribution in [2.75, 3.05) is 0 Å². The molecule has 0 fully saturated rings. The number of rotatable bonds is 5. The normalized spacial score (nSPS) is 11.5. The van der Waals surface area contributed by atoms with Crippen LogP contribution in [0.25, 0.3) is 55.4 Å². The van der Waals surface area contributed by atoms with Crippen LogP contribution in [0.1, 0.15) is 19.4 Å². The zero-order valence-electron chi connectivity index (χ0n) is 25.9. The summed E-state index contributed by atoms with van der Waals surface area (Å²) in [6.45, 7) is 4.97. The van der Waals surface area contributed by atoms with Gasteiger partial charge in [-0.2, -0.15) is 0 Å². The summed E-state index contributed by atoms with van der Waals surface area (Å²) in [7, 11) is 0. The first-order valence-corrected chi connectivity index (χ1v) is 21.7. The standard InChI is InChI=1S/C33H28GeNO.C5H8O2.Ir/c1-22-29-20-26(31-28-16-15-27(34(2,3)4)19-25(28)17-18-35-31)21-30(23-11-7-5-8-12-23)33(29)36-32(22)24-13-9-6-10-14-24;1-4(6)3-5(2)7;/h5-19,21H,1-4H3;3,6H,1-2H3;/q-1;;/b;4-3-;. The number of benzene rings is 4. The number of pyridine rings is 1. The number of carbonyl (C=O) groups excluding carboxylic acids is 1. The molecule has 2 heterocycles. The second kappa shape index (κ2) is 13.9. The minimum atomic E-state index is -1.94. The summed E-state index contributed by atoms with van der Waals surface area (Å²) >= 11 is -1.94. The predicted molar refractivity (Wildman–Crippen MR) is 181 cm³/mol. The monoisotopic (exact) mass is 821 g/mol.